The maximum Gasteiger partial charge on any atom is 0.228 e. The van der Waals surface area contributed by atoms with Crippen molar-refractivity contribution in [2.24, 2.45) is 5.92 Å². The van der Waals surface area contributed by atoms with Gasteiger partial charge in [-0.3, -0.25) is 4.79 Å². The van der Waals surface area contributed by atoms with Crippen LogP contribution in [0.2, 0.25) is 0 Å². The van der Waals surface area contributed by atoms with E-state index in [1.165, 1.54) is 0 Å². The van der Waals surface area contributed by atoms with Crippen molar-refractivity contribution in [1.29, 1.82) is 0 Å². The molecule has 2 saturated heterocycles. The second-order valence-corrected chi connectivity index (χ2v) is 4.10. The molecule has 2 heterocycles. The molecule has 2 unspecified atom stereocenters. The highest BCUT2D eigenvalue weighted by atomic mass is 16.5. The van der Waals surface area contributed by atoms with Crippen LogP contribution in [-0.2, 0) is 9.53 Å². The van der Waals surface area contributed by atoms with Crippen LogP contribution in [0.5, 0.6) is 0 Å². The number of carbonyl (C=O) groups is 1. The molecule has 1 amide bonds. The molecule has 0 aromatic heterocycles. The quantitative estimate of drug-likeness (QED) is 0.654. The van der Waals surface area contributed by atoms with Crippen molar-refractivity contribution < 1.29 is 9.53 Å². The van der Waals surface area contributed by atoms with E-state index in [2.05, 4.69) is 5.32 Å². The van der Waals surface area contributed by atoms with Crippen molar-refractivity contribution in [3.05, 3.63) is 0 Å². The summed E-state index contributed by atoms with van der Waals surface area (Å²) < 4.78 is 5.54. The van der Waals surface area contributed by atoms with E-state index >= 15 is 0 Å². The minimum absolute atomic E-state index is 0.0462. The maximum atomic E-state index is 11.9. The summed E-state index contributed by atoms with van der Waals surface area (Å²) >= 11 is 0. The van der Waals surface area contributed by atoms with E-state index in [-0.39, 0.29) is 18.1 Å². The van der Waals surface area contributed by atoms with Crippen molar-refractivity contribution in [2.45, 2.75) is 26.0 Å². The maximum absolute atomic E-state index is 11.9. The standard InChI is InChI=1S/C10H18N2O2/c1-8-7-11-4-5-12(10(8)13)9-3-2-6-14-9/h8-9,11H,2-7H2,1H3. The Bertz CT molecular complexity index is 214. The third kappa shape index (κ3) is 1.91. The molecule has 0 bridgehead atoms. The summed E-state index contributed by atoms with van der Waals surface area (Å²) in [5.74, 6) is 0.323. The van der Waals surface area contributed by atoms with Crippen LogP contribution in [0.3, 0.4) is 0 Å². The lowest BCUT2D eigenvalue weighted by molar-refractivity contribution is -0.144. The monoisotopic (exact) mass is 198 g/mol. The van der Waals surface area contributed by atoms with Crippen LogP contribution in [0.15, 0.2) is 0 Å². The fourth-order valence-corrected chi connectivity index (χ4v) is 2.09. The lowest BCUT2D eigenvalue weighted by Crippen LogP contribution is -2.43. The third-order valence-electron chi connectivity index (χ3n) is 2.94. The number of ether oxygens (including phenoxy) is 1. The van der Waals surface area contributed by atoms with Crippen LogP contribution >= 0.6 is 0 Å². The highest BCUT2D eigenvalue weighted by molar-refractivity contribution is 5.79. The molecule has 0 spiro atoms. The third-order valence-corrected chi connectivity index (χ3v) is 2.94. The Hall–Kier alpha value is -0.610. The number of carbonyl (C=O) groups excluding carboxylic acids is 1. The smallest absolute Gasteiger partial charge is 0.228 e. The summed E-state index contributed by atoms with van der Waals surface area (Å²) in [6.07, 6.45) is 2.12. The first-order valence-electron chi connectivity index (χ1n) is 5.42. The molecule has 0 aromatic rings. The molecule has 0 aliphatic carbocycles. The van der Waals surface area contributed by atoms with Gasteiger partial charge in [0.15, 0.2) is 0 Å². The van der Waals surface area contributed by atoms with Crippen LogP contribution in [0, 0.1) is 5.92 Å². The van der Waals surface area contributed by atoms with Crippen molar-refractivity contribution >= 4 is 5.91 Å². The average molecular weight is 198 g/mol. The number of rotatable bonds is 1. The SMILES string of the molecule is CC1CNCCN(C2CCCO2)C1=O. The molecule has 14 heavy (non-hydrogen) atoms. The fraction of sp³-hybridized carbons (Fsp3) is 0.900. The Morgan fingerprint density at radius 3 is 3.14 bits per heavy atom. The van der Waals surface area contributed by atoms with Gasteiger partial charge in [0.2, 0.25) is 5.91 Å². The highest BCUT2D eigenvalue weighted by Crippen LogP contribution is 2.19. The van der Waals surface area contributed by atoms with Crippen LogP contribution in [-0.4, -0.2) is 43.3 Å². The molecular weight excluding hydrogens is 180 g/mol. The molecule has 2 aliphatic rings. The zero-order valence-electron chi connectivity index (χ0n) is 8.66. The minimum atomic E-state index is 0.0462. The van der Waals surface area contributed by atoms with E-state index in [1.54, 1.807) is 0 Å². The zero-order chi connectivity index (χ0) is 9.97. The fourth-order valence-electron chi connectivity index (χ4n) is 2.09. The Balaban J connectivity index is 2.03. The summed E-state index contributed by atoms with van der Waals surface area (Å²) in [4.78, 5) is 13.8. The molecular formula is C10H18N2O2. The molecule has 2 fully saturated rings. The molecule has 80 valence electrons. The first-order chi connectivity index (χ1) is 6.79. The van der Waals surface area contributed by atoms with E-state index in [0.29, 0.717) is 0 Å². The zero-order valence-corrected chi connectivity index (χ0v) is 8.66. The van der Waals surface area contributed by atoms with Crippen molar-refractivity contribution in [3.8, 4) is 0 Å². The van der Waals surface area contributed by atoms with Crippen LogP contribution in [0.4, 0.5) is 0 Å². The van der Waals surface area contributed by atoms with Gasteiger partial charge in [0.05, 0.1) is 0 Å². The van der Waals surface area contributed by atoms with Gasteiger partial charge in [-0.05, 0) is 12.8 Å². The largest absolute Gasteiger partial charge is 0.358 e. The van der Waals surface area contributed by atoms with Gasteiger partial charge in [-0.25, -0.2) is 0 Å². The van der Waals surface area contributed by atoms with Crippen LogP contribution in [0.25, 0.3) is 0 Å². The molecule has 1 N–H and O–H groups in total. The summed E-state index contributed by atoms with van der Waals surface area (Å²) in [6, 6.07) is 0. The molecule has 0 radical (unpaired) electrons. The predicted octanol–water partition coefficient (Wildman–Crippen LogP) is 0.191. The Morgan fingerprint density at radius 2 is 2.43 bits per heavy atom. The Kier molecular flexibility index (Phi) is 3.03. The molecule has 4 nitrogen and oxygen atoms in total. The molecule has 2 atom stereocenters. The number of amides is 1. The number of hydrogen-bond donors (Lipinski definition) is 1. The van der Waals surface area contributed by atoms with Gasteiger partial charge in [0.25, 0.3) is 0 Å². The molecule has 0 saturated carbocycles. The van der Waals surface area contributed by atoms with E-state index in [1.807, 2.05) is 11.8 Å². The normalized spacial score (nSPS) is 34.6. The van der Waals surface area contributed by atoms with Gasteiger partial charge in [-0.15, -0.1) is 0 Å². The van der Waals surface area contributed by atoms with Gasteiger partial charge < -0.3 is 15.0 Å². The lowest BCUT2D eigenvalue weighted by Gasteiger charge is -2.27. The van der Waals surface area contributed by atoms with Gasteiger partial charge in [-0.2, -0.15) is 0 Å². The lowest BCUT2D eigenvalue weighted by atomic mass is 10.1. The van der Waals surface area contributed by atoms with E-state index in [4.69, 9.17) is 4.74 Å². The van der Waals surface area contributed by atoms with Crippen LogP contribution in [0.1, 0.15) is 19.8 Å². The Morgan fingerprint density at radius 1 is 1.57 bits per heavy atom. The summed E-state index contributed by atoms with van der Waals surface area (Å²) in [5.41, 5.74) is 0. The van der Waals surface area contributed by atoms with E-state index < -0.39 is 0 Å². The summed E-state index contributed by atoms with van der Waals surface area (Å²) in [6.45, 7) is 5.24. The molecule has 2 rings (SSSR count). The van der Waals surface area contributed by atoms with Gasteiger partial charge in [0, 0.05) is 32.2 Å². The minimum Gasteiger partial charge on any atom is -0.358 e. The second kappa shape index (κ2) is 4.28. The molecule has 0 aromatic carbocycles. The molecule has 2 aliphatic heterocycles. The first-order valence-corrected chi connectivity index (χ1v) is 5.42. The number of nitrogens with zero attached hydrogens (tertiary/aromatic N) is 1. The van der Waals surface area contributed by atoms with Crippen LogP contribution < -0.4 is 5.32 Å². The number of hydrogen-bond acceptors (Lipinski definition) is 3. The van der Waals surface area contributed by atoms with Gasteiger partial charge >= 0.3 is 0 Å². The average Bonchev–Trinajstić information content (AvgIpc) is 2.64. The summed E-state index contributed by atoms with van der Waals surface area (Å²) in [7, 11) is 0. The molecule has 4 heteroatoms. The van der Waals surface area contributed by atoms with E-state index in [9.17, 15) is 4.79 Å². The van der Waals surface area contributed by atoms with Crippen molar-refractivity contribution in [2.75, 3.05) is 26.2 Å². The summed E-state index contributed by atoms with van der Waals surface area (Å²) in [5, 5.41) is 3.26. The predicted molar refractivity (Wildman–Crippen MR) is 52.7 cm³/mol. The van der Waals surface area contributed by atoms with Crippen molar-refractivity contribution in [1.82, 2.24) is 10.2 Å². The van der Waals surface area contributed by atoms with Crippen molar-refractivity contribution in [3.63, 3.8) is 0 Å². The van der Waals surface area contributed by atoms with Gasteiger partial charge in [0.1, 0.15) is 6.23 Å². The number of nitrogens with one attached hydrogen (secondary N) is 1. The Labute approximate surface area is 84.6 Å². The second-order valence-electron chi connectivity index (χ2n) is 4.10. The van der Waals surface area contributed by atoms with Gasteiger partial charge in [-0.1, -0.05) is 6.92 Å². The first kappa shape index (κ1) is 9.93. The topological polar surface area (TPSA) is 41.6 Å². The highest BCUT2D eigenvalue weighted by Gasteiger charge is 2.31. The van der Waals surface area contributed by atoms with E-state index in [0.717, 1.165) is 39.1 Å².